The van der Waals surface area contributed by atoms with Gasteiger partial charge >= 0.3 is 0 Å². The third kappa shape index (κ3) is 2.16. The van der Waals surface area contributed by atoms with Crippen LogP contribution in [0.15, 0.2) is 23.0 Å². The van der Waals surface area contributed by atoms with Gasteiger partial charge in [-0.3, -0.25) is 0 Å². The summed E-state index contributed by atoms with van der Waals surface area (Å²) in [5.74, 6) is 1.23. The summed E-state index contributed by atoms with van der Waals surface area (Å²) in [6, 6.07) is 2.02. The van der Waals surface area contributed by atoms with E-state index >= 15 is 0 Å². The molecule has 1 atom stereocenters. The Morgan fingerprint density at radius 2 is 2.29 bits per heavy atom. The molecule has 0 saturated carbocycles. The summed E-state index contributed by atoms with van der Waals surface area (Å²) in [6.45, 7) is 1.02. The largest absolute Gasteiger partial charge is 0.334 e. The predicted molar refractivity (Wildman–Crippen MR) is 59.9 cm³/mol. The van der Waals surface area contributed by atoms with Crippen molar-refractivity contribution in [1.82, 2.24) is 25.7 Å². The Kier molecular flexibility index (Phi) is 2.79. The van der Waals surface area contributed by atoms with Crippen LogP contribution in [0.25, 0.3) is 11.5 Å². The molecular weight excluding hydrogens is 218 g/mol. The molecule has 1 aliphatic heterocycles. The molecule has 6 heteroatoms. The summed E-state index contributed by atoms with van der Waals surface area (Å²) < 4.78 is 5.24. The first-order chi connectivity index (χ1) is 8.43. The minimum atomic E-state index is 0.219. The maximum absolute atomic E-state index is 5.24. The molecule has 3 heterocycles. The zero-order valence-corrected chi connectivity index (χ0v) is 9.33. The molecular formula is C11H13N5O. The Morgan fingerprint density at radius 1 is 1.29 bits per heavy atom. The smallest absolute Gasteiger partial charge is 0.259 e. The van der Waals surface area contributed by atoms with Gasteiger partial charge in [0.1, 0.15) is 0 Å². The van der Waals surface area contributed by atoms with Gasteiger partial charge in [-0.05, 0) is 25.5 Å². The number of piperidine rings is 1. The predicted octanol–water partition coefficient (Wildman–Crippen LogP) is 1.34. The summed E-state index contributed by atoms with van der Waals surface area (Å²) in [5, 5.41) is 14.9. The molecule has 6 nitrogen and oxygen atoms in total. The average molecular weight is 231 g/mol. The molecule has 0 radical (unpaired) electrons. The molecule has 1 N–H and O–H groups in total. The van der Waals surface area contributed by atoms with Gasteiger partial charge in [-0.25, -0.2) is 0 Å². The van der Waals surface area contributed by atoms with Crippen LogP contribution in [0.4, 0.5) is 0 Å². The van der Waals surface area contributed by atoms with E-state index in [9.17, 15) is 0 Å². The van der Waals surface area contributed by atoms with Crippen LogP contribution in [0.1, 0.15) is 31.1 Å². The van der Waals surface area contributed by atoms with E-state index < -0.39 is 0 Å². The standard InChI is InChI=1S/C11H13N5O/c1-2-5-12-9(3-1)10-15-11(17-16-10)8-4-6-13-14-7-8/h4,6-7,9,12H,1-3,5H2. The van der Waals surface area contributed by atoms with Crippen molar-refractivity contribution in [1.29, 1.82) is 0 Å². The van der Waals surface area contributed by atoms with Gasteiger partial charge in [-0.1, -0.05) is 11.6 Å². The van der Waals surface area contributed by atoms with Crippen molar-refractivity contribution < 1.29 is 4.52 Å². The number of aromatic nitrogens is 4. The van der Waals surface area contributed by atoms with Crippen LogP contribution in [0, 0.1) is 0 Å². The molecule has 0 aromatic carbocycles. The molecule has 0 bridgehead atoms. The molecule has 1 unspecified atom stereocenters. The Hall–Kier alpha value is -1.82. The van der Waals surface area contributed by atoms with Crippen molar-refractivity contribution in [3.63, 3.8) is 0 Å². The van der Waals surface area contributed by atoms with Crippen molar-refractivity contribution >= 4 is 0 Å². The molecule has 0 spiro atoms. The lowest BCUT2D eigenvalue weighted by atomic mass is 10.0. The molecule has 1 saturated heterocycles. The van der Waals surface area contributed by atoms with Crippen LogP contribution < -0.4 is 5.32 Å². The van der Waals surface area contributed by atoms with Gasteiger partial charge in [-0.2, -0.15) is 15.2 Å². The Balaban J connectivity index is 1.83. The van der Waals surface area contributed by atoms with Crippen molar-refractivity contribution in [3.8, 4) is 11.5 Å². The van der Waals surface area contributed by atoms with Crippen LogP contribution in [0.2, 0.25) is 0 Å². The first kappa shape index (κ1) is 10.3. The molecule has 88 valence electrons. The normalized spacial score (nSPS) is 20.4. The first-order valence-electron chi connectivity index (χ1n) is 5.77. The summed E-state index contributed by atoms with van der Waals surface area (Å²) >= 11 is 0. The molecule has 0 aliphatic carbocycles. The highest BCUT2D eigenvalue weighted by Gasteiger charge is 2.20. The van der Waals surface area contributed by atoms with E-state index in [1.807, 2.05) is 0 Å². The van der Waals surface area contributed by atoms with Crippen LogP contribution in [-0.4, -0.2) is 26.9 Å². The van der Waals surface area contributed by atoms with Gasteiger partial charge < -0.3 is 9.84 Å². The van der Waals surface area contributed by atoms with Crippen LogP contribution in [0.5, 0.6) is 0 Å². The van der Waals surface area contributed by atoms with Gasteiger partial charge in [0.2, 0.25) is 0 Å². The fourth-order valence-corrected chi connectivity index (χ4v) is 1.98. The van der Waals surface area contributed by atoms with Gasteiger partial charge in [0.15, 0.2) is 5.82 Å². The maximum Gasteiger partial charge on any atom is 0.259 e. The second-order valence-electron chi connectivity index (χ2n) is 4.09. The number of rotatable bonds is 2. The van der Waals surface area contributed by atoms with Crippen molar-refractivity contribution in [3.05, 3.63) is 24.3 Å². The monoisotopic (exact) mass is 231 g/mol. The van der Waals surface area contributed by atoms with Gasteiger partial charge in [0.05, 0.1) is 24.0 Å². The lowest BCUT2D eigenvalue weighted by Gasteiger charge is -2.19. The number of nitrogens with one attached hydrogen (secondary N) is 1. The SMILES string of the molecule is c1cc(-c2nc(C3CCCCN3)no2)cnn1. The third-order valence-electron chi connectivity index (χ3n) is 2.89. The highest BCUT2D eigenvalue weighted by molar-refractivity contribution is 5.49. The summed E-state index contributed by atoms with van der Waals surface area (Å²) in [4.78, 5) is 4.40. The second-order valence-corrected chi connectivity index (χ2v) is 4.09. The summed E-state index contributed by atoms with van der Waals surface area (Å²) in [7, 11) is 0. The maximum atomic E-state index is 5.24. The topological polar surface area (TPSA) is 76.7 Å². The quantitative estimate of drug-likeness (QED) is 0.840. The van der Waals surface area contributed by atoms with Gasteiger partial charge in [0, 0.05) is 0 Å². The fraction of sp³-hybridized carbons (Fsp3) is 0.455. The highest BCUT2D eigenvalue weighted by Crippen LogP contribution is 2.23. The molecule has 17 heavy (non-hydrogen) atoms. The Labute approximate surface area is 98.4 Å². The molecule has 1 fully saturated rings. The molecule has 3 rings (SSSR count). The average Bonchev–Trinajstić information content (AvgIpc) is 2.90. The van der Waals surface area contributed by atoms with E-state index in [0.717, 1.165) is 24.4 Å². The van der Waals surface area contributed by atoms with Crippen molar-refractivity contribution in [2.24, 2.45) is 0 Å². The van der Waals surface area contributed by atoms with Crippen molar-refractivity contribution in [2.75, 3.05) is 6.54 Å². The van der Waals surface area contributed by atoms with E-state index in [1.165, 1.54) is 12.8 Å². The van der Waals surface area contributed by atoms with E-state index in [2.05, 4.69) is 25.7 Å². The van der Waals surface area contributed by atoms with Crippen LogP contribution in [0.3, 0.4) is 0 Å². The number of hydrogen-bond acceptors (Lipinski definition) is 6. The number of hydrogen-bond donors (Lipinski definition) is 1. The zero-order chi connectivity index (χ0) is 11.5. The molecule has 2 aromatic rings. The highest BCUT2D eigenvalue weighted by atomic mass is 16.5. The first-order valence-corrected chi connectivity index (χ1v) is 5.77. The van der Waals surface area contributed by atoms with E-state index in [1.54, 1.807) is 18.5 Å². The zero-order valence-electron chi connectivity index (χ0n) is 9.33. The Bertz CT molecular complexity index is 478. The van der Waals surface area contributed by atoms with Gasteiger partial charge in [-0.15, -0.1) is 0 Å². The lowest BCUT2D eigenvalue weighted by Crippen LogP contribution is -2.27. The summed E-state index contributed by atoms with van der Waals surface area (Å²) in [6.07, 6.45) is 6.71. The molecule has 2 aromatic heterocycles. The van der Waals surface area contributed by atoms with Gasteiger partial charge in [0.25, 0.3) is 5.89 Å². The van der Waals surface area contributed by atoms with Crippen molar-refractivity contribution in [2.45, 2.75) is 25.3 Å². The number of nitrogens with zero attached hydrogens (tertiary/aromatic N) is 4. The second kappa shape index (κ2) is 4.58. The van der Waals surface area contributed by atoms with E-state index in [-0.39, 0.29) is 6.04 Å². The van der Waals surface area contributed by atoms with Crippen LogP contribution in [-0.2, 0) is 0 Å². The molecule has 1 aliphatic rings. The third-order valence-corrected chi connectivity index (χ3v) is 2.89. The fourth-order valence-electron chi connectivity index (χ4n) is 1.98. The van der Waals surface area contributed by atoms with E-state index in [0.29, 0.717) is 5.89 Å². The lowest BCUT2D eigenvalue weighted by molar-refractivity contribution is 0.367. The minimum Gasteiger partial charge on any atom is -0.334 e. The Morgan fingerprint density at radius 3 is 3.06 bits per heavy atom. The van der Waals surface area contributed by atoms with Crippen LogP contribution >= 0.6 is 0 Å². The molecule has 0 amide bonds. The van der Waals surface area contributed by atoms with E-state index in [4.69, 9.17) is 4.52 Å². The summed E-state index contributed by atoms with van der Waals surface area (Å²) in [5.41, 5.74) is 0.801. The minimum absolute atomic E-state index is 0.219.